The number of ether oxygens (including phenoxy) is 1. The van der Waals surface area contributed by atoms with Crippen LogP contribution in [0.4, 0.5) is 4.79 Å². The molecule has 2 aliphatic rings. The van der Waals surface area contributed by atoms with E-state index in [1.165, 1.54) is 0 Å². The van der Waals surface area contributed by atoms with E-state index >= 15 is 0 Å². The van der Waals surface area contributed by atoms with Crippen molar-refractivity contribution in [2.24, 2.45) is 17.6 Å². The smallest absolute Gasteiger partial charge is 0.407 e. The van der Waals surface area contributed by atoms with Gasteiger partial charge in [-0.1, -0.05) is 0 Å². The molecule has 140 valence electrons. The first-order chi connectivity index (χ1) is 11.6. The van der Waals surface area contributed by atoms with Crippen LogP contribution in [0.2, 0.25) is 0 Å². The zero-order valence-electron chi connectivity index (χ0n) is 15.0. The van der Waals surface area contributed by atoms with Gasteiger partial charge >= 0.3 is 6.09 Å². The minimum atomic E-state index is -0.655. The zero-order valence-corrected chi connectivity index (χ0v) is 15.0. The van der Waals surface area contributed by atoms with Crippen molar-refractivity contribution >= 4 is 6.09 Å². The van der Waals surface area contributed by atoms with Crippen LogP contribution in [0.5, 0.6) is 0 Å². The van der Waals surface area contributed by atoms with Gasteiger partial charge in [0, 0.05) is 6.04 Å². The summed E-state index contributed by atoms with van der Waals surface area (Å²) in [7, 11) is 0. The first kappa shape index (κ1) is 21.2. The van der Waals surface area contributed by atoms with Gasteiger partial charge in [0.2, 0.25) is 0 Å². The predicted molar refractivity (Wildman–Crippen MR) is 89.8 cm³/mol. The SMILES string of the molecule is CC(C)(C)OC(=O)N[C@@H]1C[C@@H](C#N)C[C@H]1O.N#C[C@@H]1C[C@@H](N)[C@H](O)C1. The Morgan fingerprint density at radius 3 is 1.96 bits per heavy atom. The van der Waals surface area contributed by atoms with Gasteiger partial charge in [-0.05, 0) is 46.5 Å². The van der Waals surface area contributed by atoms with E-state index in [2.05, 4.69) is 17.5 Å². The summed E-state index contributed by atoms with van der Waals surface area (Å²) < 4.78 is 5.07. The number of nitriles is 2. The molecule has 2 aliphatic carbocycles. The lowest BCUT2D eigenvalue weighted by Crippen LogP contribution is -2.42. The number of aliphatic hydroxyl groups excluding tert-OH is 2. The van der Waals surface area contributed by atoms with E-state index in [4.69, 9.17) is 26.1 Å². The third-order valence-corrected chi connectivity index (χ3v) is 4.17. The van der Waals surface area contributed by atoms with E-state index in [0.717, 1.165) is 0 Å². The lowest BCUT2D eigenvalue weighted by molar-refractivity contribution is 0.0450. The number of nitrogens with one attached hydrogen (secondary N) is 1. The summed E-state index contributed by atoms with van der Waals surface area (Å²) in [5.74, 6) is -0.204. The maximum atomic E-state index is 11.4. The quantitative estimate of drug-likeness (QED) is 0.544. The molecule has 1 amide bonds. The molecular formula is C17H28N4O4. The third kappa shape index (κ3) is 7.27. The van der Waals surface area contributed by atoms with E-state index < -0.39 is 23.9 Å². The van der Waals surface area contributed by atoms with Gasteiger partial charge in [-0.3, -0.25) is 0 Å². The van der Waals surface area contributed by atoms with E-state index in [1.807, 2.05) is 0 Å². The first-order valence-corrected chi connectivity index (χ1v) is 8.46. The Labute approximate surface area is 148 Å². The molecule has 8 nitrogen and oxygen atoms in total. The van der Waals surface area contributed by atoms with Crippen molar-refractivity contribution in [2.45, 2.75) is 76.3 Å². The molecule has 0 unspecified atom stereocenters. The molecule has 0 aromatic heterocycles. The lowest BCUT2D eigenvalue weighted by Gasteiger charge is -2.22. The highest BCUT2D eigenvalue weighted by molar-refractivity contribution is 5.68. The third-order valence-electron chi connectivity index (χ3n) is 4.17. The summed E-state index contributed by atoms with van der Waals surface area (Å²) in [5, 5.41) is 38.3. The molecule has 2 rings (SSSR count). The van der Waals surface area contributed by atoms with Crippen LogP contribution in [0.15, 0.2) is 0 Å². The van der Waals surface area contributed by atoms with Crippen molar-refractivity contribution in [3.05, 3.63) is 0 Å². The van der Waals surface area contributed by atoms with Crippen LogP contribution in [0, 0.1) is 34.5 Å². The van der Waals surface area contributed by atoms with Crippen LogP contribution in [0.25, 0.3) is 0 Å². The van der Waals surface area contributed by atoms with E-state index in [0.29, 0.717) is 25.7 Å². The summed E-state index contributed by atoms with van der Waals surface area (Å²) in [5.41, 5.74) is 4.89. The summed E-state index contributed by atoms with van der Waals surface area (Å²) in [6, 6.07) is 3.63. The second-order valence-electron chi connectivity index (χ2n) is 7.65. The highest BCUT2D eigenvalue weighted by Crippen LogP contribution is 2.25. The minimum Gasteiger partial charge on any atom is -0.444 e. The molecule has 6 atom stereocenters. The molecule has 0 aliphatic heterocycles. The Kier molecular flexibility index (Phi) is 7.62. The standard InChI is InChI=1S/C11H18N2O3.C6H10N2O/c1-11(2,3)16-10(15)13-8-4-7(6-12)5-9(8)14;7-3-4-1-5(8)6(9)2-4/h7-9,14H,4-5H2,1-3H3,(H,13,15);4-6,9H,1-2,8H2/t7-,8-,9-;4-,5-,6-/m11/s1. The number of alkyl carbamates (subject to hydrolysis) is 1. The number of rotatable bonds is 1. The van der Waals surface area contributed by atoms with Crippen molar-refractivity contribution in [3.8, 4) is 12.1 Å². The van der Waals surface area contributed by atoms with Gasteiger partial charge in [0.1, 0.15) is 5.60 Å². The van der Waals surface area contributed by atoms with Crippen molar-refractivity contribution < 1.29 is 19.7 Å². The fraction of sp³-hybridized carbons (Fsp3) is 0.824. The van der Waals surface area contributed by atoms with E-state index in [9.17, 15) is 9.90 Å². The Morgan fingerprint density at radius 2 is 1.60 bits per heavy atom. The van der Waals surface area contributed by atoms with Crippen LogP contribution in [-0.4, -0.2) is 46.2 Å². The molecule has 0 radical (unpaired) electrons. The number of nitrogens with zero attached hydrogens (tertiary/aromatic N) is 2. The molecule has 8 heteroatoms. The van der Waals surface area contributed by atoms with Crippen LogP contribution >= 0.6 is 0 Å². The average molecular weight is 352 g/mol. The fourth-order valence-corrected chi connectivity index (χ4v) is 2.89. The van der Waals surface area contributed by atoms with Crippen LogP contribution in [0.1, 0.15) is 46.5 Å². The molecular weight excluding hydrogens is 324 g/mol. The molecule has 0 saturated heterocycles. The Morgan fingerprint density at radius 1 is 1.08 bits per heavy atom. The van der Waals surface area contributed by atoms with Crippen LogP contribution in [-0.2, 0) is 4.74 Å². The van der Waals surface area contributed by atoms with Gasteiger partial charge in [-0.25, -0.2) is 4.79 Å². The van der Waals surface area contributed by atoms with Crippen LogP contribution < -0.4 is 11.1 Å². The Hall–Kier alpha value is -1.87. The number of carbonyl (C=O) groups is 1. The Balaban J connectivity index is 0.000000293. The monoisotopic (exact) mass is 352 g/mol. The maximum Gasteiger partial charge on any atom is 0.407 e. The van der Waals surface area contributed by atoms with Crippen molar-refractivity contribution in [2.75, 3.05) is 0 Å². The lowest BCUT2D eigenvalue weighted by atomic mass is 10.1. The largest absolute Gasteiger partial charge is 0.444 e. The molecule has 5 N–H and O–H groups in total. The van der Waals surface area contributed by atoms with Gasteiger partial charge in [0.05, 0.1) is 42.2 Å². The number of aliphatic hydroxyl groups is 2. The van der Waals surface area contributed by atoms with Crippen molar-refractivity contribution in [1.82, 2.24) is 5.32 Å². The molecule has 2 fully saturated rings. The maximum absolute atomic E-state index is 11.4. The summed E-state index contributed by atoms with van der Waals surface area (Å²) >= 11 is 0. The second-order valence-corrected chi connectivity index (χ2v) is 7.65. The normalized spacial score (nSPS) is 34.2. The molecule has 0 aromatic carbocycles. The summed E-state index contributed by atoms with van der Waals surface area (Å²) in [4.78, 5) is 11.4. The van der Waals surface area contributed by atoms with E-state index in [-0.39, 0.29) is 23.9 Å². The van der Waals surface area contributed by atoms with Crippen LogP contribution in [0.3, 0.4) is 0 Å². The molecule has 0 aromatic rings. The van der Waals surface area contributed by atoms with Gasteiger partial charge < -0.3 is 26.0 Å². The van der Waals surface area contributed by atoms with Gasteiger partial charge in [-0.2, -0.15) is 10.5 Å². The van der Waals surface area contributed by atoms with Crippen molar-refractivity contribution in [3.63, 3.8) is 0 Å². The van der Waals surface area contributed by atoms with Gasteiger partial charge in [0.25, 0.3) is 0 Å². The molecule has 2 saturated carbocycles. The number of amides is 1. The summed E-state index contributed by atoms with van der Waals surface area (Å²) in [6.07, 6.45) is 0.449. The van der Waals surface area contributed by atoms with Gasteiger partial charge in [-0.15, -0.1) is 0 Å². The van der Waals surface area contributed by atoms with Crippen molar-refractivity contribution in [1.29, 1.82) is 10.5 Å². The molecule has 25 heavy (non-hydrogen) atoms. The molecule has 0 bridgehead atoms. The highest BCUT2D eigenvalue weighted by atomic mass is 16.6. The number of nitrogens with two attached hydrogens (primary N) is 1. The number of hydrogen-bond donors (Lipinski definition) is 4. The minimum absolute atomic E-state index is 0.0185. The zero-order chi connectivity index (χ0) is 19.2. The molecule has 0 heterocycles. The number of hydrogen-bond acceptors (Lipinski definition) is 7. The number of carbonyl (C=O) groups excluding carboxylic acids is 1. The first-order valence-electron chi connectivity index (χ1n) is 8.46. The fourth-order valence-electron chi connectivity index (χ4n) is 2.89. The predicted octanol–water partition coefficient (Wildman–Crippen LogP) is 0.782. The van der Waals surface area contributed by atoms with Gasteiger partial charge in [0.15, 0.2) is 0 Å². The van der Waals surface area contributed by atoms with E-state index in [1.54, 1.807) is 20.8 Å². The second kappa shape index (κ2) is 9.00. The average Bonchev–Trinajstić information content (AvgIpc) is 3.01. The Bertz CT molecular complexity index is 524. The summed E-state index contributed by atoms with van der Waals surface area (Å²) in [6.45, 7) is 5.32. The molecule has 0 spiro atoms. The highest BCUT2D eigenvalue weighted by Gasteiger charge is 2.35. The topological polar surface area (TPSA) is 152 Å².